The van der Waals surface area contributed by atoms with E-state index in [2.05, 4.69) is 9.97 Å². The predicted octanol–water partition coefficient (Wildman–Crippen LogP) is 3.09. The molecule has 0 spiro atoms. The maximum Gasteiger partial charge on any atom is 0.166 e. The van der Waals surface area contributed by atoms with E-state index in [4.69, 9.17) is 4.74 Å². The van der Waals surface area contributed by atoms with E-state index in [1.165, 1.54) is 11.8 Å². The summed E-state index contributed by atoms with van der Waals surface area (Å²) >= 11 is 1.49. The SMILES string of the molecule is OC(COc1ccccc1)CSc1nc2ccccc2[nH]1. The Kier molecular flexibility index (Phi) is 4.43. The zero-order chi connectivity index (χ0) is 14.5. The molecule has 1 unspecified atom stereocenters. The van der Waals surface area contributed by atoms with Crippen LogP contribution in [0.4, 0.5) is 0 Å². The quantitative estimate of drug-likeness (QED) is 0.687. The van der Waals surface area contributed by atoms with Crippen molar-refractivity contribution in [3.05, 3.63) is 54.6 Å². The van der Waals surface area contributed by atoms with Crippen LogP contribution in [0.1, 0.15) is 0 Å². The lowest BCUT2D eigenvalue weighted by molar-refractivity contribution is 0.126. The number of nitrogens with one attached hydrogen (secondary N) is 1. The van der Waals surface area contributed by atoms with E-state index in [9.17, 15) is 5.11 Å². The van der Waals surface area contributed by atoms with Crippen molar-refractivity contribution >= 4 is 22.8 Å². The van der Waals surface area contributed by atoms with Gasteiger partial charge in [0, 0.05) is 5.75 Å². The molecule has 1 aromatic heterocycles. The summed E-state index contributed by atoms with van der Waals surface area (Å²) in [4.78, 5) is 7.68. The predicted molar refractivity (Wildman–Crippen MR) is 84.8 cm³/mol. The normalized spacial score (nSPS) is 12.4. The molecule has 1 heterocycles. The molecule has 0 saturated heterocycles. The number of aromatic nitrogens is 2. The van der Waals surface area contributed by atoms with E-state index in [0.717, 1.165) is 21.9 Å². The first-order chi connectivity index (χ1) is 10.3. The third-order valence-corrected chi connectivity index (χ3v) is 3.98. The number of hydrogen-bond acceptors (Lipinski definition) is 4. The zero-order valence-corrected chi connectivity index (χ0v) is 12.2. The van der Waals surface area contributed by atoms with Crippen LogP contribution in [0.15, 0.2) is 59.8 Å². The molecule has 0 aliphatic heterocycles. The number of thioether (sulfide) groups is 1. The minimum Gasteiger partial charge on any atom is -0.491 e. The second kappa shape index (κ2) is 6.65. The smallest absolute Gasteiger partial charge is 0.166 e. The van der Waals surface area contributed by atoms with Crippen molar-refractivity contribution in [2.75, 3.05) is 12.4 Å². The van der Waals surface area contributed by atoms with Gasteiger partial charge in [0.2, 0.25) is 0 Å². The molecule has 4 nitrogen and oxygen atoms in total. The van der Waals surface area contributed by atoms with Crippen LogP contribution in [-0.2, 0) is 0 Å². The van der Waals surface area contributed by atoms with Crippen LogP contribution in [0.2, 0.25) is 0 Å². The summed E-state index contributed by atoms with van der Waals surface area (Å²) in [6.45, 7) is 0.275. The van der Waals surface area contributed by atoms with E-state index in [0.29, 0.717) is 5.75 Å². The van der Waals surface area contributed by atoms with Crippen molar-refractivity contribution in [3.8, 4) is 5.75 Å². The summed E-state index contributed by atoms with van der Waals surface area (Å²) in [6, 6.07) is 17.4. The van der Waals surface area contributed by atoms with Crippen LogP contribution >= 0.6 is 11.8 Å². The minimum atomic E-state index is -0.539. The fraction of sp³-hybridized carbons (Fsp3) is 0.188. The highest BCUT2D eigenvalue weighted by Crippen LogP contribution is 2.20. The lowest BCUT2D eigenvalue weighted by Gasteiger charge is -2.11. The molecular weight excluding hydrogens is 284 g/mol. The van der Waals surface area contributed by atoms with Crippen molar-refractivity contribution in [1.29, 1.82) is 0 Å². The second-order valence-electron chi connectivity index (χ2n) is 4.65. The van der Waals surface area contributed by atoms with Crippen LogP contribution in [0, 0.1) is 0 Å². The van der Waals surface area contributed by atoms with Gasteiger partial charge < -0.3 is 14.8 Å². The molecule has 0 amide bonds. The third-order valence-electron chi connectivity index (χ3n) is 2.97. The summed E-state index contributed by atoms with van der Waals surface area (Å²) in [5.41, 5.74) is 1.95. The van der Waals surface area contributed by atoms with Gasteiger partial charge in [-0.3, -0.25) is 0 Å². The summed E-state index contributed by atoms with van der Waals surface area (Å²) in [5, 5.41) is 10.8. The van der Waals surface area contributed by atoms with E-state index >= 15 is 0 Å². The van der Waals surface area contributed by atoms with Crippen molar-refractivity contribution in [3.63, 3.8) is 0 Å². The van der Waals surface area contributed by atoms with Gasteiger partial charge in [0.05, 0.1) is 17.1 Å². The fourth-order valence-corrected chi connectivity index (χ4v) is 2.72. The fourth-order valence-electron chi connectivity index (χ4n) is 1.93. The van der Waals surface area contributed by atoms with Gasteiger partial charge in [-0.1, -0.05) is 42.1 Å². The van der Waals surface area contributed by atoms with Crippen LogP contribution in [0.5, 0.6) is 5.75 Å². The van der Waals surface area contributed by atoms with E-state index in [1.807, 2.05) is 54.6 Å². The lowest BCUT2D eigenvalue weighted by atomic mass is 10.3. The van der Waals surface area contributed by atoms with Gasteiger partial charge in [-0.15, -0.1) is 0 Å². The van der Waals surface area contributed by atoms with Gasteiger partial charge >= 0.3 is 0 Å². The molecule has 0 aliphatic rings. The average molecular weight is 300 g/mol. The molecule has 0 bridgehead atoms. The molecule has 0 saturated carbocycles. The number of fused-ring (bicyclic) bond motifs is 1. The highest BCUT2D eigenvalue weighted by molar-refractivity contribution is 7.99. The molecule has 3 aromatic rings. The van der Waals surface area contributed by atoms with Gasteiger partial charge in [0.1, 0.15) is 12.4 Å². The number of benzene rings is 2. The third kappa shape index (κ3) is 3.77. The minimum absolute atomic E-state index is 0.275. The molecule has 1 atom stereocenters. The van der Waals surface area contributed by atoms with Gasteiger partial charge in [-0.05, 0) is 24.3 Å². The number of para-hydroxylation sites is 3. The Morgan fingerprint density at radius 3 is 2.67 bits per heavy atom. The van der Waals surface area contributed by atoms with Crippen LogP contribution < -0.4 is 4.74 Å². The Morgan fingerprint density at radius 1 is 1.10 bits per heavy atom. The van der Waals surface area contributed by atoms with Gasteiger partial charge in [-0.2, -0.15) is 0 Å². The number of ether oxygens (including phenoxy) is 1. The lowest BCUT2D eigenvalue weighted by Crippen LogP contribution is -2.20. The Bertz CT molecular complexity index is 667. The van der Waals surface area contributed by atoms with Crippen molar-refractivity contribution in [2.45, 2.75) is 11.3 Å². The summed E-state index contributed by atoms with van der Waals surface area (Å²) in [6.07, 6.45) is -0.539. The van der Waals surface area contributed by atoms with Crippen LogP contribution in [0.25, 0.3) is 11.0 Å². The van der Waals surface area contributed by atoms with Crippen LogP contribution in [-0.4, -0.2) is 33.5 Å². The second-order valence-corrected chi connectivity index (χ2v) is 5.66. The standard InChI is InChI=1S/C16H16N2O2S/c19-12(10-20-13-6-2-1-3-7-13)11-21-16-17-14-8-4-5-9-15(14)18-16/h1-9,12,19H,10-11H2,(H,17,18). The number of aliphatic hydroxyl groups excluding tert-OH is 1. The van der Waals surface area contributed by atoms with Crippen molar-refractivity contribution < 1.29 is 9.84 Å². The van der Waals surface area contributed by atoms with Gasteiger partial charge in [-0.25, -0.2) is 4.98 Å². The summed E-state index contributed by atoms with van der Waals surface area (Å²) in [7, 11) is 0. The molecule has 0 aliphatic carbocycles. The summed E-state index contributed by atoms with van der Waals surface area (Å²) < 4.78 is 5.52. The molecular formula is C16H16N2O2S. The van der Waals surface area contributed by atoms with Crippen molar-refractivity contribution in [1.82, 2.24) is 9.97 Å². The molecule has 3 rings (SSSR count). The first-order valence-corrected chi connectivity index (χ1v) is 7.73. The highest BCUT2D eigenvalue weighted by Gasteiger charge is 2.09. The molecule has 21 heavy (non-hydrogen) atoms. The van der Waals surface area contributed by atoms with E-state index < -0.39 is 6.10 Å². The maximum atomic E-state index is 9.96. The van der Waals surface area contributed by atoms with E-state index in [1.54, 1.807) is 0 Å². The first kappa shape index (κ1) is 14.0. The molecule has 108 valence electrons. The number of H-pyrrole nitrogens is 1. The summed E-state index contributed by atoms with van der Waals surface area (Å²) in [5.74, 6) is 1.30. The Morgan fingerprint density at radius 2 is 1.86 bits per heavy atom. The molecule has 5 heteroatoms. The maximum absolute atomic E-state index is 9.96. The number of hydrogen-bond donors (Lipinski definition) is 2. The Labute approximate surface area is 127 Å². The highest BCUT2D eigenvalue weighted by atomic mass is 32.2. The Balaban J connectivity index is 1.50. The van der Waals surface area contributed by atoms with E-state index in [-0.39, 0.29) is 6.61 Å². The topological polar surface area (TPSA) is 58.1 Å². The van der Waals surface area contributed by atoms with Crippen molar-refractivity contribution in [2.24, 2.45) is 0 Å². The number of nitrogens with zero attached hydrogens (tertiary/aromatic N) is 1. The largest absolute Gasteiger partial charge is 0.491 e. The average Bonchev–Trinajstić information content (AvgIpc) is 2.95. The molecule has 0 radical (unpaired) electrons. The number of imidazole rings is 1. The van der Waals surface area contributed by atoms with Crippen LogP contribution in [0.3, 0.4) is 0 Å². The number of aromatic amines is 1. The zero-order valence-electron chi connectivity index (χ0n) is 11.4. The Hall–Kier alpha value is -1.98. The molecule has 0 fully saturated rings. The van der Waals surface area contributed by atoms with Gasteiger partial charge in [0.15, 0.2) is 5.16 Å². The number of rotatable bonds is 6. The molecule has 2 aromatic carbocycles. The molecule has 2 N–H and O–H groups in total. The first-order valence-electron chi connectivity index (χ1n) is 6.75. The number of aliphatic hydroxyl groups is 1. The monoisotopic (exact) mass is 300 g/mol. The van der Waals surface area contributed by atoms with Gasteiger partial charge in [0.25, 0.3) is 0 Å².